The molecule has 94 valence electrons. The van der Waals surface area contributed by atoms with Crippen LogP contribution in [-0.2, 0) is 10.5 Å². The molecule has 0 fully saturated rings. The zero-order valence-corrected chi connectivity index (χ0v) is 10.9. The lowest BCUT2D eigenvalue weighted by molar-refractivity contribution is -0.118. The lowest BCUT2D eigenvalue weighted by Crippen LogP contribution is -2.26. The van der Waals surface area contributed by atoms with Crippen molar-refractivity contribution in [2.45, 2.75) is 25.5 Å². The molecule has 1 aromatic carbocycles. The van der Waals surface area contributed by atoms with Gasteiger partial charge in [0.2, 0.25) is 5.91 Å². The lowest BCUT2D eigenvalue weighted by atomic mass is 10.2. The van der Waals surface area contributed by atoms with Crippen LogP contribution < -0.4 is 5.32 Å². The summed E-state index contributed by atoms with van der Waals surface area (Å²) in [5.41, 5.74) is 0.913. The Labute approximate surface area is 106 Å². The van der Waals surface area contributed by atoms with Gasteiger partial charge in [0.1, 0.15) is 5.82 Å². The van der Waals surface area contributed by atoms with E-state index in [1.165, 1.54) is 23.9 Å². The van der Waals surface area contributed by atoms with Gasteiger partial charge in [0.05, 0.1) is 5.75 Å². The number of hydrogen-bond acceptors (Lipinski definition) is 2. The first-order valence-corrected chi connectivity index (χ1v) is 6.96. The predicted octanol–water partition coefficient (Wildman–Crippen LogP) is 2.98. The molecule has 1 aromatic rings. The van der Waals surface area contributed by atoms with Gasteiger partial charge >= 0.3 is 0 Å². The van der Waals surface area contributed by atoms with Crippen LogP contribution in [0.1, 0.15) is 25.3 Å². The fourth-order valence-electron chi connectivity index (χ4n) is 1.34. The monoisotopic (exact) mass is 255 g/mol. The van der Waals surface area contributed by atoms with Crippen LogP contribution in [0.25, 0.3) is 0 Å². The summed E-state index contributed by atoms with van der Waals surface area (Å²) in [6.45, 7) is 2.83. The maximum absolute atomic E-state index is 12.9. The van der Waals surface area contributed by atoms with Gasteiger partial charge in [-0.3, -0.25) is 4.79 Å². The van der Waals surface area contributed by atoms with Crippen molar-refractivity contribution in [2.24, 2.45) is 0 Å². The number of nitrogens with one attached hydrogen (secondary N) is 1. The molecule has 2 nitrogen and oxygen atoms in total. The van der Waals surface area contributed by atoms with Gasteiger partial charge in [-0.25, -0.2) is 4.39 Å². The highest BCUT2D eigenvalue weighted by Crippen LogP contribution is 2.12. The van der Waals surface area contributed by atoms with Crippen LogP contribution in [0.4, 0.5) is 4.39 Å². The molecule has 0 aliphatic carbocycles. The Morgan fingerprint density at radius 2 is 2.29 bits per heavy atom. The van der Waals surface area contributed by atoms with Crippen molar-refractivity contribution in [1.29, 1.82) is 0 Å². The standard InChI is InChI=1S/C13H18FNOS/c1-2-3-7-15-13(16)10-17-9-11-5-4-6-12(14)8-11/h4-6,8H,2-3,7,9-10H2,1H3,(H,15,16). The van der Waals surface area contributed by atoms with Crippen LogP contribution >= 0.6 is 11.8 Å². The molecule has 0 saturated heterocycles. The Kier molecular flexibility index (Phi) is 6.70. The third kappa shape index (κ3) is 6.31. The summed E-state index contributed by atoms with van der Waals surface area (Å²) in [5.74, 6) is 0.925. The molecule has 0 spiro atoms. The number of carbonyl (C=O) groups excluding carboxylic acids is 1. The van der Waals surface area contributed by atoms with E-state index in [4.69, 9.17) is 0 Å². The fourth-order valence-corrected chi connectivity index (χ4v) is 2.15. The van der Waals surface area contributed by atoms with E-state index in [9.17, 15) is 9.18 Å². The molecule has 0 heterocycles. The number of hydrogen-bond donors (Lipinski definition) is 1. The van der Waals surface area contributed by atoms with E-state index in [-0.39, 0.29) is 11.7 Å². The Hall–Kier alpha value is -1.03. The largest absolute Gasteiger partial charge is 0.355 e. The molecule has 0 aromatic heterocycles. The summed E-state index contributed by atoms with van der Waals surface area (Å²) >= 11 is 1.50. The Balaban J connectivity index is 2.17. The average molecular weight is 255 g/mol. The molecule has 0 atom stereocenters. The van der Waals surface area contributed by atoms with Crippen molar-refractivity contribution in [1.82, 2.24) is 5.32 Å². The van der Waals surface area contributed by atoms with E-state index in [0.717, 1.165) is 24.9 Å². The third-order valence-electron chi connectivity index (χ3n) is 2.24. The molecule has 0 unspecified atom stereocenters. The number of amides is 1. The minimum absolute atomic E-state index is 0.0554. The number of carbonyl (C=O) groups is 1. The van der Waals surface area contributed by atoms with E-state index in [1.807, 2.05) is 6.07 Å². The van der Waals surface area contributed by atoms with Crippen LogP contribution in [0.2, 0.25) is 0 Å². The van der Waals surface area contributed by atoms with Gasteiger partial charge in [0.15, 0.2) is 0 Å². The molecule has 4 heteroatoms. The van der Waals surface area contributed by atoms with Crippen molar-refractivity contribution in [3.63, 3.8) is 0 Å². The van der Waals surface area contributed by atoms with Crippen molar-refractivity contribution in [2.75, 3.05) is 12.3 Å². The number of halogens is 1. The normalized spacial score (nSPS) is 10.2. The number of thioether (sulfide) groups is 1. The van der Waals surface area contributed by atoms with Crippen molar-refractivity contribution < 1.29 is 9.18 Å². The topological polar surface area (TPSA) is 29.1 Å². The minimum atomic E-state index is -0.226. The first-order chi connectivity index (χ1) is 8.22. The van der Waals surface area contributed by atoms with E-state index in [0.29, 0.717) is 11.5 Å². The van der Waals surface area contributed by atoms with Gasteiger partial charge in [-0.2, -0.15) is 0 Å². The van der Waals surface area contributed by atoms with Crippen molar-refractivity contribution >= 4 is 17.7 Å². The number of benzene rings is 1. The molecule has 0 bridgehead atoms. The lowest BCUT2D eigenvalue weighted by Gasteiger charge is -2.04. The number of rotatable bonds is 7. The van der Waals surface area contributed by atoms with Crippen LogP contribution in [0.15, 0.2) is 24.3 Å². The second-order valence-electron chi connectivity index (χ2n) is 3.83. The van der Waals surface area contributed by atoms with Crippen LogP contribution in [0.5, 0.6) is 0 Å². The smallest absolute Gasteiger partial charge is 0.230 e. The average Bonchev–Trinajstić information content (AvgIpc) is 2.29. The summed E-state index contributed by atoms with van der Waals surface area (Å²) < 4.78 is 12.9. The predicted molar refractivity (Wildman–Crippen MR) is 70.5 cm³/mol. The number of unbranched alkanes of at least 4 members (excludes halogenated alkanes) is 1. The Bertz CT molecular complexity index is 357. The minimum Gasteiger partial charge on any atom is -0.355 e. The molecule has 0 aliphatic rings. The van der Waals surface area contributed by atoms with Gasteiger partial charge in [-0.1, -0.05) is 25.5 Å². The van der Waals surface area contributed by atoms with Gasteiger partial charge in [-0.05, 0) is 24.1 Å². The first kappa shape index (κ1) is 14.0. The SMILES string of the molecule is CCCCNC(=O)CSCc1cccc(F)c1. The van der Waals surface area contributed by atoms with E-state index < -0.39 is 0 Å². The van der Waals surface area contributed by atoms with Gasteiger partial charge in [0.25, 0.3) is 0 Å². The highest BCUT2D eigenvalue weighted by molar-refractivity contribution is 7.99. The molecule has 0 saturated carbocycles. The Morgan fingerprint density at radius 3 is 3.00 bits per heavy atom. The fraction of sp³-hybridized carbons (Fsp3) is 0.462. The third-order valence-corrected chi connectivity index (χ3v) is 3.25. The molecule has 0 aliphatic heterocycles. The summed E-state index contributed by atoms with van der Waals surface area (Å²) in [6, 6.07) is 6.48. The van der Waals surface area contributed by atoms with Crippen LogP contribution in [0, 0.1) is 5.82 Å². The summed E-state index contributed by atoms with van der Waals surface area (Å²) in [6.07, 6.45) is 2.09. The van der Waals surface area contributed by atoms with E-state index in [1.54, 1.807) is 6.07 Å². The highest BCUT2D eigenvalue weighted by atomic mass is 32.2. The van der Waals surface area contributed by atoms with E-state index in [2.05, 4.69) is 12.2 Å². The van der Waals surface area contributed by atoms with Crippen molar-refractivity contribution in [3.05, 3.63) is 35.6 Å². The highest BCUT2D eigenvalue weighted by Gasteiger charge is 2.01. The molecule has 1 N–H and O–H groups in total. The van der Waals surface area contributed by atoms with Gasteiger partial charge < -0.3 is 5.32 Å². The second kappa shape index (κ2) is 8.12. The maximum atomic E-state index is 12.9. The molecular weight excluding hydrogens is 237 g/mol. The van der Waals surface area contributed by atoms with Crippen LogP contribution in [-0.4, -0.2) is 18.2 Å². The van der Waals surface area contributed by atoms with Crippen LogP contribution in [0.3, 0.4) is 0 Å². The van der Waals surface area contributed by atoms with E-state index >= 15 is 0 Å². The molecule has 17 heavy (non-hydrogen) atoms. The molecule has 1 amide bonds. The Morgan fingerprint density at radius 1 is 1.47 bits per heavy atom. The summed E-state index contributed by atoms with van der Waals surface area (Å²) in [7, 11) is 0. The van der Waals surface area contributed by atoms with Gasteiger partial charge in [-0.15, -0.1) is 11.8 Å². The zero-order chi connectivity index (χ0) is 12.5. The maximum Gasteiger partial charge on any atom is 0.230 e. The molecule has 0 radical (unpaired) electrons. The molecular formula is C13H18FNOS. The molecule has 1 rings (SSSR count). The zero-order valence-electron chi connectivity index (χ0n) is 10.0. The summed E-state index contributed by atoms with van der Waals surface area (Å²) in [4.78, 5) is 11.4. The second-order valence-corrected chi connectivity index (χ2v) is 4.81. The van der Waals surface area contributed by atoms with Gasteiger partial charge in [0, 0.05) is 12.3 Å². The first-order valence-electron chi connectivity index (χ1n) is 5.81. The summed E-state index contributed by atoms with van der Waals surface area (Å²) in [5, 5.41) is 2.85. The quantitative estimate of drug-likeness (QED) is 0.759. The van der Waals surface area contributed by atoms with Crippen molar-refractivity contribution in [3.8, 4) is 0 Å².